The smallest absolute Gasteiger partial charge is 0.414 e. The van der Waals surface area contributed by atoms with Crippen molar-refractivity contribution in [3.05, 3.63) is 108 Å². The topological polar surface area (TPSA) is 122 Å². The zero-order valence-electron chi connectivity index (χ0n) is 26.0. The molecular formula is C34H29F5N4O5S. The highest BCUT2D eigenvalue weighted by atomic mass is 32.2. The van der Waals surface area contributed by atoms with Gasteiger partial charge in [-0.05, 0) is 66.6 Å². The monoisotopic (exact) mass is 700 g/mol. The lowest BCUT2D eigenvalue weighted by Gasteiger charge is -2.25. The number of aromatic nitrogens is 1. The number of anilines is 1. The van der Waals surface area contributed by atoms with Crippen LogP contribution in [-0.4, -0.2) is 57.9 Å². The standard InChI is InChI=1S/C34H29F5N4O5S/c1-40-33(45)29-25-18-24(21-7-5-8-22(17-21)32(44)42-31(34(37,38)39)26-9-3-4-15-41-26)27(43(16-6-14-35)49(2,46)47)19-28(25)48-30(29)20-10-12-23(36)13-11-20/h3-5,7-13,15,17-19,31H,6,14,16H2,1-2H3,(H,40,45)(H,42,44). The number of alkyl halides is 4. The fourth-order valence-corrected chi connectivity index (χ4v) is 6.27. The molecule has 2 aromatic heterocycles. The molecule has 2 amide bonds. The number of hydrogen-bond donors (Lipinski definition) is 2. The molecule has 2 heterocycles. The van der Waals surface area contributed by atoms with Gasteiger partial charge in [0.15, 0.2) is 6.04 Å². The summed E-state index contributed by atoms with van der Waals surface area (Å²) in [6.07, 6.45) is -2.98. The van der Waals surface area contributed by atoms with E-state index in [9.17, 15) is 40.0 Å². The molecule has 0 radical (unpaired) electrons. The molecule has 0 aliphatic carbocycles. The summed E-state index contributed by atoms with van der Waals surface area (Å²) in [5.74, 6) is -2.17. The normalized spacial score (nSPS) is 12.5. The summed E-state index contributed by atoms with van der Waals surface area (Å²) in [5, 5.41) is 4.71. The van der Waals surface area contributed by atoms with Gasteiger partial charge < -0.3 is 15.1 Å². The van der Waals surface area contributed by atoms with Crippen LogP contribution < -0.4 is 14.9 Å². The van der Waals surface area contributed by atoms with Crippen molar-refractivity contribution < 1.29 is 44.4 Å². The van der Waals surface area contributed by atoms with E-state index in [0.717, 1.165) is 16.6 Å². The fraction of sp³-hybridized carbons (Fsp3) is 0.206. The molecule has 0 spiro atoms. The van der Waals surface area contributed by atoms with E-state index >= 15 is 0 Å². The molecule has 1 atom stereocenters. The number of halogens is 5. The van der Waals surface area contributed by atoms with Crippen molar-refractivity contribution in [2.24, 2.45) is 0 Å². The molecule has 5 rings (SSSR count). The molecule has 0 aliphatic rings. The summed E-state index contributed by atoms with van der Waals surface area (Å²) in [6.45, 7) is -1.13. The Bertz CT molecular complexity index is 2100. The van der Waals surface area contributed by atoms with E-state index in [0.29, 0.717) is 5.56 Å². The molecule has 15 heteroatoms. The number of pyridine rings is 1. The van der Waals surface area contributed by atoms with Crippen molar-refractivity contribution in [3.63, 3.8) is 0 Å². The summed E-state index contributed by atoms with van der Waals surface area (Å²) in [6, 6.07) is 14.8. The minimum Gasteiger partial charge on any atom is -0.455 e. The van der Waals surface area contributed by atoms with Crippen molar-refractivity contribution >= 4 is 38.5 Å². The van der Waals surface area contributed by atoms with Gasteiger partial charge in [0, 0.05) is 47.9 Å². The Kier molecular flexibility index (Phi) is 10.0. The highest BCUT2D eigenvalue weighted by Crippen LogP contribution is 2.42. The maximum Gasteiger partial charge on any atom is 0.414 e. The molecule has 0 aliphatic heterocycles. The van der Waals surface area contributed by atoms with E-state index in [1.165, 1.54) is 86.0 Å². The number of nitrogens with zero attached hydrogens (tertiary/aromatic N) is 2. The van der Waals surface area contributed by atoms with Crippen LogP contribution in [0, 0.1) is 5.82 Å². The third-order valence-corrected chi connectivity index (χ3v) is 8.73. The summed E-state index contributed by atoms with van der Waals surface area (Å²) in [5.41, 5.74) is 0.115. The number of carbonyl (C=O) groups is 2. The van der Waals surface area contributed by atoms with Crippen molar-refractivity contribution in [1.82, 2.24) is 15.6 Å². The molecule has 256 valence electrons. The first-order valence-corrected chi connectivity index (χ1v) is 16.6. The number of carbonyl (C=O) groups excluding carboxylic acids is 2. The van der Waals surface area contributed by atoms with E-state index in [1.54, 1.807) is 0 Å². The van der Waals surface area contributed by atoms with Crippen LogP contribution in [0.1, 0.15) is 38.9 Å². The second kappa shape index (κ2) is 14.0. The molecule has 0 saturated heterocycles. The predicted octanol–water partition coefficient (Wildman–Crippen LogP) is 6.82. The van der Waals surface area contributed by atoms with Gasteiger partial charge in [0.1, 0.15) is 17.2 Å². The van der Waals surface area contributed by atoms with Gasteiger partial charge in [-0.15, -0.1) is 0 Å². The first-order chi connectivity index (χ1) is 23.2. The van der Waals surface area contributed by atoms with Gasteiger partial charge in [0.05, 0.1) is 29.9 Å². The quantitative estimate of drug-likeness (QED) is 0.146. The van der Waals surface area contributed by atoms with Crippen LogP contribution in [-0.2, 0) is 10.0 Å². The van der Waals surface area contributed by atoms with Crippen LogP contribution in [0.4, 0.5) is 27.6 Å². The zero-order chi connectivity index (χ0) is 35.5. The van der Waals surface area contributed by atoms with Crippen LogP contribution in [0.25, 0.3) is 33.4 Å². The van der Waals surface area contributed by atoms with Crippen molar-refractivity contribution in [1.29, 1.82) is 0 Å². The lowest BCUT2D eigenvalue weighted by Crippen LogP contribution is -2.38. The summed E-state index contributed by atoms with van der Waals surface area (Å²) in [4.78, 5) is 30.2. The van der Waals surface area contributed by atoms with Gasteiger partial charge >= 0.3 is 6.18 Å². The van der Waals surface area contributed by atoms with E-state index in [-0.39, 0.29) is 57.6 Å². The Balaban J connectivity index is 1.71. The van der Waals surface area contributed by atoms with Crippen LogP contribution in [0.3, 0.4) is 0 Å². The number of benzene rings is 3. The maximum atomic E-state index is 14.0. The predicted molar refractivity (Wildman–Crippen MR) is 174 cm³/mol. The van der Waals surface area contributed by atoms with E-state index in [4.69, 9.17) is 4.42 Å². The molecule has 0 saturated carbocycles. The highest BCUT2D eigenvalue weighted by molar-refractivity contribution is 7.92. The number of hydrogen-bond acceptors (Lipinski definition) is 6. The summed E-state index contributed by atoms with van der Waals surface area (Å²) in [7, 11) is -2.68. The number of sulfonamides is 1. The molecule has 1 unspecified atom stereocenters. The maximum absolute atomic E-state index is 14.0. The molecular weight excluding hydrogens is 671 g/mol. The van der Waals surface area contributed by atoms with Crippen LogP contribution >= 0.6 is 0 Å². The first kappa shape index (κ1) is 35.0. The van der Waals surface area contributed by atoms with Gasteiger partial charge in [-0.1, -0.05) is 18.2 Å². The molecule has 0 bridgehead atoms. The Labute approximate surface area is 277 Å². The van der Waals surface area contributed by atoms with Gasteiger partial charge in [0.25, 0.3) is 11.8 Å². The van der Waals surface area contributed by atoms with Crippen molar-refractivity contribution in [2.75, 3.05) is 30.8 Å². The van der Waals surface area contributed by atoms with Crippen molar-refractivity contribution in [2.45, 2.75) is 18.6 Å². The molecule has 49 heavy (non-hydrogen) atoms. The van der Waals surface area contributed by atoms with Gasteiger partial charge in [-0.3, -0.25) is 23.3 Å². The number of rotatable bonds is 11. The Morgan fingerprint density at radius 2 is 1.69 bits per heavy atom. The van der Waals surface area contributed by atoms with Gasteiger partial charge in [0.2, 0.25) is 10.0 Å². The highest BCUT2D eigenvalue weighted by Gasteiger charge is 2.43. The lowest BCUT2D eigenvalue weighted by atomic mass is 9.97. The molecule has 2 N–H and O–H groups in total. The van der Waals surface area contributed by atoms with Crippen molar-refractivity contribution in [3.8, 4) is 22.5 Å². The van der Waals surface area contributed by atoms with E-state index in [1.807, 2.05) is 5.32 Å². The number of fused-ring (bicyclic) bond motifs is 1. The summed E-state index contributed by atoms with van der Waals surface area (Å²) >= 11 is 0. The number of amides is 2. The Morgan fingerprint density at radius 1 is 0.959 bits per heavy atom. The van der Waals surface area contributed by atoms with Crippen LogP contribution in [0.15, 0.2) is 89.5 Å². The minimum absolute atomic E-state index is 0.00877. The average molecular weight is 701 g/mol. The third-order valence-electron chi connectivity index (χ3n) is 7.55. The second-order valence-corrected chi connectivity index (χ2v) is 12.8. The molecule has 5 aromatic rings. The van der Waals surface area contributed by atoms with E-state index in [2.05, 4.69) is 10.3 Å². The lowest BCUT2D eigenvalue weighted by molar-refractivity contribution is -0.156. The van der Waals surface area contributed by atoms with Crippen LogP contribution in [0.2, 0.25) is 0 Å². The minimum atomic E-state index is -4.88. The Hall–Kier alpha value is -5.31. The largest absolute Gasteiger partial charge is 0.455 e. The van der Waals surface area contributed by atoms with E-state index < -0.39 is 52.2 Å². The average Bonchev–Trinajstić information content (AvgIpc) is 3.44. The molecule has 0 fully saturated rings. The Morgan fingerprint density at radius 3 is 2.31 bits per heavy atom. The third kappa shape index (κ3) is 7.56. The molecule has 3 aromatic carbocycles. The number of nitrogens with one attached hydrogen (secondary N) is 2. The van der Waals surface area contributed by atoms with Gasteiger partial charge in [-0.25, -0.2) is 12.8 Å². The first-order valence-electron chi connectivity index (χ1n) is 14.7. The fourth-order valence-electron chi connectivity index (χ4n) is 5.31. The van der Waals surface area contributed by atoms with Crippen LogP contribution in [0.5, 0.6) is 0 Å². The second-order valence-electron chi connectivity index (χ2n) is 10.9. The van der Waals surface area contributed by atoms with Gasteiger partial charge in [-0.2, -0.15) is 13.2 Å². The summed E-state index contributed by atoms with van der Waals surface area (Å²) < 4.78 is 102. The zero-order valence-corrected chi connectivity index (χ0v) is 26.8. The SMILES string of the molecule is CNC(=O)c1c(-c2ccc(F)cc2)oc2cc(N(CCCF)S(C)(=O)=O)c(-c3cccc(C(=O)NC(c4ccccn4)C(F)(F)F)c3)cc12. The number of furan rings is 1. The molecule has 9 nitrogen and oxygen atoms in total.